The third-order valence-electron chi connectivity index (χ3n) is 2.11. The van der Waals surface area contributed by atoms with Crippen LogP contribution in [0.25, 0.3) is 0 Å². The second-order valence-corrected chi connectivity index (χ2v) is 3.12. The largest absolute Gasteiger partial charge is 0.479 e. The van der Waals surface area contributed by atoms with Gasteiger partial charge in [0.1, 0.15) is 0 Å². The van der Waals surface area contributed by atoms with Gasteiger partial charge in [0.05, 0.1) is 6.10 Å². The van der Waals surface area contributed by atoms with Crippen molar-refractivity contribution in [1.82, 2.24) is 0 Å². The van der Waals surface area contributed by atoms with Gasteiger partial charge in [-0.2, -0.15) is 0 Å². The summed E-state index contributed by atoms with van der Waals surface area (Å²) in [6.07, 6.45) is -0.0160. The van der Waals surface area contributed by atoms with Crippen LogP contribution in [-0.2, 0) is 16.0 Å². The molecule has 1 saturated heterocycles. The molecule has 1 aliphatic rings. The van der Waals surface area contributed by atoms with Crippen LogP contribution in [0.1, 0.15) is 5.56 Å². The first-order valence-corrected chi connectivity index (χ1v) is 4.19. The zero-order valence-electron chi connectivity index (χ0n) is 7.01. The van der Waals surface area contributed by atoms with Crippen LogP contribution in [0.15, 0.2) is 30.3 Å². The van der Waals surface area contributed by atoms with E-state index >= 15 is 0 Å². The van der Waals surface area contributed by atoms with Crippen LogP contribution in [-0.4, -0.2) is 23.3 Å². The highest BCUT2D eigenvalue weighted by Gasteiger charge is 2.44. The van der Waals surface area contributed by atoms with E-state index in [1.807, 2.05) is 30.3 Å². The van der Waals surface area contributed by atoms with Crippen molar-refractivity contribution in [3.05, 3.63) is 35.9 Å². The number of epoxide rings is 1. The average molecular weight is 178 g/mol. The van der Waals surface area contributed by atoms with Crippen molar-refractivity contribution in [1.29, 1.82) is 0 Å². The lowest BCUT2D eigenvalue weighted by Gasteiger charge is -1.94. The molecular formula is C10H10O3. The van der Waals surface area contributed by atoms with Crippen LogP contribution in [0.2, 0.25) is 0 Å². The molecule has 3 nitrogen and oxygen atoms in total. The topological polar surface area (TPSA) is 49.8 Å². The number of hydrogen-bond donors (Lipinski definition) is 1. The highest BCUT2D eigenvalue weighted by molar-refractivity contribution is 5.75. The van der Waals surface area contributed by atoms with Crippen LogP contribution in [0, 0.1) is 0 Å². The summed E-state index contributed by atoms with van der Waals surface area (Å²) >= 11 is 0. The molecule has 1 aromatic carbocycles. The molecule has 1 aliphatic heterocycles. The third kappa shape index (κ3) is 1.87. The number of carbonyl (C=O) groups is 1. The predicted molar refractivity (Wildman–Crippen MR) is 46.4 cm³/mol. The molecule has 2 atom stereocenters. The first-order chi connectivity index (χ1) is 6.27. The average Bonchev–Trinajstić information content (AvgIpc) is 2.86. The summed E-state index contributed by atoms with van der Waals surface area (Å²) in [5.74, 6) is -0.860. The fourth-order valence-electron chi connectivity index (χ4n) is 1.36. The van der Waals surface area contributed by atoms with Crippen molar-refractivity contribution in [2.45, 2.75) is 18.6 Å². The van der Waals surface area contributed by atoms with Crippen LogP contribution in [0.4, 0.5) is 0 Å². The molecule has 0 amide bonds. The molecule has 2 unspecified atom stereocenters. The normalized spacial score (nSPS) is 25.5. The van der Waals surface area contributed by atoms with E-state index in [-0.39, 0.29) is 6.10 Å². The maximum atomic E-state index is 10.4. The van der Waals surface area contributed by atoms with Crippen molar-refractivity contribution >= 4 is 5.97 Å². The fourth-order valence-corrected chi connectivity index (χ4v) is 1.36. The van der Waals surface area contributed by atoms with E-state index in [1.165, 1.54) is 0 Å². The van der Waals surface area contributed by atoms with Crippen LogP contribution < -0.4 is 0 Å². The Hall–Kier alpha value is -1.35. The van der Waals surface area contributed by atoms with E-state index in [2.05, 4.69) is 0 Å². The van der Waals surface area contributed by atoms with Crippen molar-refractivity contribution in [3.8, 4) is 0 Å². The second kappa shape index (κ2) is 3.18. The lowest BCUT2D eigenvalue weighted by molar-refractivity contribution is -0.138. The second-order valence-electron chi connectivity index (χ2n) is 3.12. The Labute approximate surface area is 76.0 Å². The van der Waals surface area contributed by atoms with E-state index in [0.717, 1.165) is 5.56 Å². The Morgan fingerprint density at radius 3 is 2.62 bits per heavy atom. The molecule has 0 saturated carbocycles. The van der Waals surface area contributed by atoms with E-state index < -0.39 is 12.1 Å². The summed E-state index contributed by atoms with van der Waals surface area (Å²) in [7, 11) is 0. The number of ether oxygens (including phenoxy) is 1. The first kappa shape index (κ1) is 8.26. The lowest BCUT2D eigenvalue weighted by Crippen LogP contribution is -2.09. The summed E-state index contributed by atoms with van der Waals surface area (Å²) in [6.45, 7) is 0. The van der Waals surface area contributed by atoms with Gasteiger partial charge in [0.25, 0.3) is 0 Å². The molecular weight excluding hydrogens is 168 g/mol. The summed E-state index contributed by atoms with van der Waals surface area (Å²) in [5.41, 5.74) is 1.12. The molecule has 13 heavy (non-hydrogen) atoms. The molecule has 1 aromatic rings. The van der Waals surface area contributed by atoms with Gasteiger partial charge in [-0.25, -0.2) is 4.79 Å². The number of carboxylic acid groups (broad SMARTS) is 1. The molecule has 1 heterocycles. The highest BCUT2D eigenvalue weighted by Crippen LogP contribution is 2.25. The fraction of sp³-hybridized carbons (Fsp3) is 0.300. The van der Waals surface area contributed by atoms with Gasteiger partial charge in [0.2, 0.25) is 0 Å². The smallest absolute Gasteiger partial charge is 0.335 e. The van der Waals surface area contributed by atoms with Gasteiger partial charge >= 0.3 is 5.97 Å². The summed E-state index contributed by atoms with van der Waals surface area (Å²) in [6, 6.07) is 9.76. The third-order valence-corrected chi connectivity index (χ3v) is 2.11. The predicted octanol–water partition coefficient (Wildman–Crippen LogP) is 1.08. The van der Waals surface area contributed by atoms with Crippen molar-refractivity contribution in [2.75, 3.05) is 0 Å². The Morgan fingerprint density at radius 1 is 1.38 bits per heavy atom. The molecule has 0 aliphatic carbocycles. The maximum Gasteiger partial charge on any atom is 0.335 e. The molecule has 2 rings (SSSR count). The molecule has 1 N–H and O–H groups in total. The zero-order chi connectivity index (χ0) is 9.26. The van der Waals surface area contributed by atoms with E-state index in [0.29, 0.717) is 6.42 Å². The minimum Gasteiger partial charge on any atom is -0.479 e. The van der Waals surface area contributed by atoms with Crippen molar-refractivity contribution < 1.29 is 14.6 Å². The molecule has 68 valence electrons. The van der Waals surface area contributed by atoms with Crippen LogP contribution >= 0.6 is 0 Å². The van der Waals surface area contributed by atoms with Gasteiger partial charge < -0.3 is 9.84 Å². The minimum absolute atomic E-state index is 0.125. The van der Waals surface area contributed by atoms with E-state index in [1.54, 1.807) is 0 Å². The molecule has 0 radical (unpaired) electrons. The minimum atomic E-state index is -0.860. The SMILES string of the molecule is O=C(O)C1OC1Cc1ccccc1. The lowest BCUT2D eigenvalue weighted by atomic mass is 10.1. The van der Waals surface area contributed by atoms with E-state index in [4.69, 9.17) is 9.84 Å². The van der Waals surface area contributed by atoms with Crippen LogP contribution in [0.5, 0.6) is 0 Å². The van der Waals surface area contributed by atoms with Crippen molar-refractivity contribution in [2.24, 2.45) is 0 Å². The van der Waals surface area contributed by atoms with Gasteiger partial charge in [-0.1, -0.05) is 30.3 Å². The molecule has 0 aromatic heterocycles. The number of rotatable bonds is 3. The Bertz CT molecular complexity index is 307. The van der Waals surface area contributed by atoms with Gasteiger partial charge in [0, 0.05) is 6.42 Å². The molecule has 0 spiro atoms. The van der Waals surface area contributed by atoms with Gasteiger partial charge in [-0.05, 0) is 5.56 Å². The molecule has 1 fully saturated rings. The molecule has 0 bridgehead atoms. The first-order valence-electron chi connectivity index (χ1n) is 4.19. The monoisotopic (exact) mass is 178 g/mol. The van der Waals surface area contributed by atoms with Crippen LogP contribution in [0.3, 0.4) is 0 Å². The zero-order valence-corrected chi connectivity index (χ0v) is 7.01. The number of hydrogen-bond acceptors (Lipinski definition) is 2. The number of benzene rings is 1. The Kier molecular flexibility index (Phi) is 2.02. The van der Waals surface area contributed by atoms with Gasteiger partial charge in [0.15, 0.2) is 6.10 Å². The summed E-state index contributed by atoms with van der Waals surface area (Å²) < 4.78 is 4.98. The number of aliphatic carboxylic acids is 1. The van der Waals surface area contributed by atoms with Gasteiger partial charge in [-0.15, -0.1) is 0 Å². The quantitative estimate of drug-likeness (QED) is 0.704. The Balaban J connectivity index is 1.92. The standard InChI is InChI=1S/C10H10O3/c11-10(12)9-8(13-9)6-7-4-2-1-3-5-7/h1-5,8-9H,6H2,(H,11,12). The van der Waals surface area contributed by atoms with Gasteiger partial charge in [-0.3, -0.25) is 0 Å². The maximum absolute atomic E-state index is 10.4. The number of carboxylic acids is 1. The molecule has 3 heteroatoms. The summed E-state index contributed by atoms with van der Waals surface area (Å²) in [4.78, 5) is 10.4. The van der Waals surface area contributed by atoms with E-state index in [9.17, 15) is 4.79 Å². The highest BCUT2D eigenvalue weighted by atomic mass is 16.6. The van der Waals surface area contributed by atoms with Crippen molar-refractivity contribution in [3.63, 3.8) is 0 Å². The summed E-state index contributed by atoms with van der Waals surface area (Å²) in [5, 5.41) is 8.58. The Morgan fingerprint density at radius 2 is 2.08 bits per heavy atom.